The van der Waals surface area contributed by atoms with Crippen molar-refractivity contribution in [2.24, 2.45) is 0 Å². The molecule has 0 aromatic heterocycles. The Morgan fingerprint density at radius 2 is 2.00 bits per heavy atom. The summed E-state index contributed by atoms with van der Waals surface area (Å²) in [5.74, 6) is 0. The Labute approximate surface area is 79.5 Å². The molecule has 1 atom stereocenters. The molecule has 1 unspecified atom stereocenters. The first-order valence-corrected chi connectivity index (χ1v) is 4.35. The van der Waals surface area contributed by atoms with E-state index in [1.54, 1.807) is 0 Å². The summed E-state index contributed by atoms with van der Waals surface area (Å²) < 4.78 is 10.4. The zero-order valence-electron chi connectivity index (χ0n) is 7.90. The highest BCUT2D eigenvalue weighted by Gasteiger charge is 1.93. The molecular formula is C11H15O2. The molecule has 0 fully saturated rings. The molecule has 0 aliphatic carbocycles. The topological polar surface area (TPSA) is 18.5 Å². The van der Waals surface area contributed by atoms with Crippen LogP contribution in [0.5, 0.6) is 0 Å². The van der Waals surface area contributed by atoms with Crippen LogP contribution in [-0.4, -0.2) is 12.9 Å². The van der Waals surface area contributed by atoms with Crippen molar-refractivity contribution in [2.45, 2.75) is 19.6 Å². The van der Waals surface area contributed by atoms with E-state index in [9.17, 15) is 0 Å². The summed E-state index contributed by atoms with van der Waals surface area (Å²) in [6.45, 7) is 6.46. The highest BCUT2D eigenvalue weighted by Crippen LogP contribution is 2.00. The molecule has 71 valence electrons. The monoisotopic (exact) mass is 179 g/mol. The summed E-state index contributed by atoms with van der Waals surface area (Å²) in [6, 6.07) is 10.0. The SMILES string of the molecule is [CH2]C(C)OCOCc1ccccc1. The van der Waals surface area contributed by atoms with Crippen LogP contribution in [0.4, 0.5) is 0 Å². The lowest BCUT2D eigenvalue weighted by Gasteiger charge is -2.07. The molecule has 0 amide bonds. The first-order chi connectivity index (χ1) is 6.29. The third-order valence-corrected chi connectivity index (χ3v) is 1.55. The first kappa shape index (κ1) is 10.2. The second kappa shape index (κ2) is 5.73. The Hall–Kier alpha value is -0.860. The van der Waals surface area contributed by atoms with Crippen LogP contribution in [0.1, 0.15) is 12.5 Å². The van der Waals surface area contributed by atoms with Crippen molar-refractivity contribution in [2.75, 3.05) is 6.79 Å². The Morgan fingerprint density at radius 1 is 1.31 bits per heavy atom. The minimum atomic E-state index is -0.0178. The number of rotatable bonds is 5. The van der Waals surface area contributed by atoms with Crippen molar-refractivity contribution < 1.29 is 9.47 Å². The van der Waals surface area contributed by atoms with Crippen LogP contribution < -0.4 is 0 Å². The molecule has 0 N–H and O–H groups in total. The summed E-state index contributed by atoms with van der Waals surface area (Å²) in [4.78, 5) is 0. The van der Waals surface area contributed by atoms with Crippen molar-refractivity contribution in [1.29, 1.82) is 0 Å². The fraction of sp³-hybridized carbons (Fsp3) is 0.364. The van der Waals surface area contributed by atoms with Gasteiger partial charge in [0.25, 0.3) is 0 Å². The van der Waals surface area contributed by atoms with Gasteiger partial charge in [0.1, 0.15) is 6.79 Å². The summed E-state index contributed by atoms with van der Waals surface area (Å²) in [5.41, 5.74) is 1.16. The van der Waals surface area contributed by atoms with E-state index in [0.29, 0.717) is 13.4 Å². The van der Waals surface area contributed by atoms with Crippen LogP contribution in [0.15, 0.2) is 30.3 Å². The molecule has 2 heteroatoms. The van der Waals surface area contributed by atoms with Gasteiger partial charge in [-0.15, -0.1) is 0 Å². The van der Waals surface area contributed by atoms with Gasteiger partial charge in [-0.2, -0.15) is 0 Å². The van der Waals surface area contributed by atoms with Gasteiger partial charge in [-0.25, -0.2) is 0 Å². The average Bonchev–Trinajstić information content (AvgIpc) is 2.14. The standard InChI is InChI=1S/C11H15O2/c1-10(2)13-9-12-8-11-6-4-3-5-7-11/h3-7,10H,1,8-9H2,2H3. The van der Waals surface area contributed by atoms with Crippen LogP contribution in [0.3, 0.4) is 0 Å². The van der Waals surface area contributed by atoms with Gasteiger partial charge in [-0.3, -0.25) is 0 Å². The van der Waals surface area contributed by atoms with Gasteiger partial charge in [-0.05, 0) is 19.4 Å². The predicted octanol–water partition coefficient (Wildman–Crippen LogP) is 2.40. The Balaban J connectivity index is 2.13. The molecule has 0 heterocycles. The third-order valence-electron chi connectivity index (χ3n) is 1.55. The van der Waals surface area contributed by atoms with Gasteiger partial charge in [0.05, 0.1) is 12.7 Å². The smallest absolute Gasteiger partial charge is 0.147 e. The van der Waals surface area contributed by atoms with E-state index in [4.69, 9.17) is 9.47 Å². The number of hydrogen-bond donors (Lipinski definition) is 0. The zero-order chi connectivity index (χ0) is 9.52. The van der Waals surface area contributed by atoms with Gasteiger partial charge in [0, 0.05) is 0 Å². The highest BCUT2D eigenvalue weighted by atomic mass is 16.7. The molecule has 0 aliphatic rings. The fourth-order valence-electron chi connectivity index (χ4n) is 0.898. The summed E-state index contributed by atoms with van der Waals surface area (Å²) in [6.07, 6.45) is -0.0178. The zero-order valence-corrected chi connectivity index (χ0v) is 7.90. The molecule has 2 nitrogen and oxygen atoms in total. The highest BCUT2D eigenvalue weighted by molar-refractivity contribution is 5.13. The Morgan fingerprint density at radius 3 is 2.62 bits per heavy atom. The number of benzene rings is 1. The molecule has 0 saturated heterocycles. The largest absolute Gasteiger partial charge is 0.352 e. The molecule has 13 heavy (non-hydrogen) atoms. The molecule has 1 radical (unpaired) electrons. The van der Waals surface area contributed by atoms with E-state index in [2.05, 4.69) is 6.92 Å². The van der Waals surface area contributed by atoms with Crippen molar-refractivity contribution in [1.82, 2.24) is 0 Å². The van der Waals surface area contributed by atoms with E-state index >= 15 is 0 Å². The average molecular weight is 179 g/mol. The van der Waals surface area contributed by atoms with Gasteiger partial charge in [-0.1, -0.05) is 30.3 Å². The summed E-state index contributed by atoms with van der Waals surface area (Å²) in [5, 5.41) is 0. The van der Waals surface area contributed by atoms with E-state index < -0.39 is 0 Å². The number of ether oxygens (including phenoxy) is 2. The van der Waals surface area contributed by atoms with E-state index in [-0.39, 0.29) is 6.10 Å². The molecule has 0 saturated carbocycles. The maximum absolute atomic E-state index is 5.27. The molecule has 1 rings (SSSR count). The lowest BCUT2D eigenvalue weighted by Crippen LogP contribution is -2.07. The van der Waals surface area contributed by atoms with Crippen LogP contribution in [0.2, 0.25) is 0 Å². The van der Waals surface area contributed by atoms with Crippen LogP contribution in [0.25, 0.3) is 0 Å². The second-order valence-corrected chi connectivity index (χ2v) is 2.93. The molecular weight excluding hydrogens is 164 g/mol. The summed E-state index contributed by atoms with van der Waals surface area (Å²) >= 11 is 0. The third kappa shape index (κ3) is 4.65. The minimum Gasteiger partial charge on any atom is -0.352 e. The normalized spacial score (nSPS) is 10.7. The first-order valence-electron chi connectivity index (χ1n) is 4.35. The predicted molar refractivity (Wildman–Crippen MR) is 52.0 cm³/mol. The molecule has 1 aromatic carbocycles. The van der Waals surface area contributed by atoms with E-state index in [1.165, 1.54) is 0 Å². The maximum atomic E-state index is 5.27. The lowest BCUT2D eigenvalue weighted by molar-refractivity contribution is -0.0782. The van der Waals surface area contributed by atoms with Crippen molar-refractivity contribution in [3.63, 3.8) is 0 Å². The van der Waals surface area contributed by atoms with Crippen molar-refractivity contribution in [3.05, 3.63) is 42.8 Å². The molecule has 0 aliphatic heterocycles. The lowest BCUT2D eigenvalue weighted by atomic mass is 10.2. The Kier molecular flexibility index (Phi) is 4.50. The van der Waals surface area contributed by atoms with Gasteiger partial charge >= 0.3 is 0 Å². The van der Waals surface area contributed by atoms with Crippen molar-refractivity contribution in [3.8, 4) is 0 Å². The fourth-order valence-corrected chi connectivity index (χ4v) is 0.898. The van der Waals surface area contributed by atoms with Crippen LogP contribution in [-0.2, 0) is 16.1 Å². The number of hydrogen-bond acceptors (Lipinski definition) is 2. The van der Waals surface area contributed by atoms with Crippen LogP contribution >= 0.6 is 0 Å². The molecule has 0 spiro atoms. The van der Waals surface area contributed by atoms with E-state index in [0.717, 1.165) is 5.56 Å². The second-order valence-electron chi connectivity index (χ2n) is 2.93. The summed E-state index contributed by atoms with van der Waals surface area (Å²) in [7, 11) is 0. The van der Waals surface area contributed by atoms with Crippen LogP contribution in [0, 0.1) is 6.92 Å². The van der Waals surface area contributed by atoms with Gasteiger partial charge in [0.2, 0.25) is 0 Å². The van der Waals surface area contributed by atoms with Gasteiger partial charge in [0.15, 0.2) is 0 Å². The Bertz CT molecular complexity index is 219. The minimum absolute atomic E-state index is 0.0178. The maximum Gasteiger partial charge on any atom is 0.147 e. The molecule has 1 aromatic rings. The van der Waals surface area contributed by atoms with Gasteiger partial charge < -0.3 is 9.47 Å². The molecule has 0 bridgehead atoms. The van der Waals surface area contributed by atoms with Crippen molar-refractivity contribution >= 4 is 0 Å². The van der Waals surface area contributed by atoms with E-state index in [1.807, 2.05) is 37.3 Å². The quantitative estimate of drug-likeness (QED) is 0.510.